The lowest BCUT2D eigenvalue weighted by atomic mass is 10.1. The molecule has 0 aliphatic carbocycles. The summed E-state index contributed by atoms with van der Waals surface area (Å²) >= 11 is 0. The molecular weight excluding hydrogens is 202 g/mol. The summed E-state index contributed by atoms with van der Waals surface area (Å²) in [6.45, 7) is 0.265. The quantitative estimate of drug-likeness (QED) is 0.328. The first-order chi connectivity index (χ1) is 7.07. The first-order valence-corrected chi connectivity index (χ1v) is 4.67. The second kappa shape index (κ2) is 8.01. The number of rotatable bonds is 7. The molecule has 0 aliphatic heterocycles. The Hall–Kier alpha value is -1.34. The smallest absolute Gasteiger partial charge is 0.408 e. The topological polar surface area (TPSA) is 128 Å². The molecule has 0 saturated heterocycles. The van der Waals surface area contributed by atoms with E-state index < -0.39 is 18.1 Å². The van der Waals surface area contributed by atoms with E-state index in [2.05, 4.69) is 10.1 Å². The van der Waals surface area contributed by atoms with Crippen molar-refractivity contribution >= 4 is 12.1 Å². The lowest BCUT2D eigenvalue weighted by Gasteiger charge is -2.06. The summed E-state index contributed by atoms with van der Waals surface area (Å²) in [6, 6.07) is -0.832. The van der Waals surface area contributed by atoms with Crippen molar-refractivity contribution in [2.45, 2.75) is 25.3 Å². The maximum absolute atomic E-state index is 10.7. The van der Waals surface area contributed by atoms with Crippen LogP contribution in [0.25, 0.3) is 0 Å². The Labute approximate surface area is 87.8 Å². The Morgan fingerprint density at radius 3 is 2.60 bits per heavy atom. The number of carboxylic acids is 1. The van der Waals surface area contributed by atoms with Gasteiger partial charge in [0.25, 0.3) is 0 Å². The van der Waals surface area contributed by atoms with E-state index >= 15 is 0 Å². The third kappa shape index (κ3) is 7.71. The van der Waals surface area contributed by atoms with Crippen molar-refractivity contribution in [3.05, 3.63) is 0 Å². The molecule has 1 atom stereocenters. The molecule has 0 rings (SSSR count). The van der Waals surface area contributed by atoms with E-state index in [1.54, 1.807) is 0 Å². The summed E-state index contributed by atoms with van der Waals surface area (Å²) in [5.74, 6) is -1.01. The van der Waals surface area contributed by atoms with Crippen molar-refractivity contribution in [2.75, 3.05) is 13.3 Å². The van der Waals surface area contributed by atoms with Crippen LogP contribution < -0.4 is 16.8 Å². The maximum atomic E-state index is 10.7. The molecule has 0 fully saturated rings. The number of carboxylic acid groups (broad SMARTS) is 1. The van der Waals surface area contributed by atoms with Gasteiger partial charge < -0.3 is 20.9 Å². The molecule has 0 aliphatic rings. The van der Waals surface area contributed by atoms with Crippen LogP contribution >= 0.6 is 0 Å². The number of hydrogen-bond donors (Lipinski definition) is 4. The minimum atomic E-state index is -1.01. The van der Waals surface area contributed by atoms with Crippen LogP contribution in [0.4, 0.5) is 4.79 Å². The van der Waals surface area contributed by atoms with Gasteiger partial charge in [0, 0.05) is 6.54 Å². The molecule has 0 saturated carbocycles. The Bertz CT molecular complexity index is 210. The SMILES string of the molecule is NCOC(=O)NCCCC[C@H](N)C(=O)O. The summed E-state index contributed by atoms with van der Waals surface area (Å²) in [6.07, 6.45) is 1.11. The van der Waals surface area contributed by atoms with Crippen LogP contribution in [0.3, 0.4) is 0 Å². The molecule has 0 aromatic heterocycles. The van der Waals surface area contributed by atoms with Crippen molar-refractivity contribution in [1.29, 1.82) is 0 Å². The summed E-state index contributed by atoms with van der Waals surface area (Å²) in [5.41, 5.74) is 10.2. The second-order valence-corrected chi connectivity index (χ2v) is 2.97. The molecular formula is C8H17N3O4. The average molecular weight is 219 g/mol. The van der Waals surface area contributed by atoms with Gasteiger partial charge in [-0.25, -0.2) is 4.79 Å². The van der Waals surface area contributed by atoms with Crippen molar-refractivity contribution < 1.29 is 19.4 Å². The molecule has 0 aromatic rings. The van der Waals surface area contributed by atoms with Gasteiger partial charge in [-0.3, -0.25) is 10.5 Å². The van der Waals surface area contributed by atoms with E-state index in [0.29, 0.717) is 25.8 Å². The van der Waals surface area contributed by atoms with Crippen LogP contribution in [-0.2, 0) is 9.53 Å². The number of carbonyl (C=O) groups excluding carboxylic acids is 1. The summed E-state index contributed by atoms with van der Waals surface area (Å²) in [7, 11) is 0. The lowest BCUT2D eigenvalue weighted by molar-refractivity contribution is -0.138. The van der Waals surface area contributed by atoms with E-state index in [4.69, 9.17) is 16.6 Å². The van der Waals surface area contributed by atoms with E-state index in [1.165, 1.54) is 0 Å². The molecule has 0 heterocycles. The number of carbonyl (C=O) groups is 2. The van der Waals surface area contributed by atoms with Crippen LogP contribution in [0.5, 0.6) is 0 Å². The lowest BCUT2D eigenvalue weighted by Crippen LogP contribution is -2.30. The van der Waals surface area contributed by atoms with Crippen LogP contribution in [-0.4, -0.2) is 36.5 Å². The highest BCUT2D eigenvalue weighted by molar-refractivity contribution is 5.72. The molecule has 88 valence electrons. The van der Waals surface area contributed by atoms with Gasteiger partial charge in [0.05, 0.1) is 0 Å². The van der Waals surface area contributed by atoms with E-state index in [9.17, 15) is 9.59 Å². The highest BCUT2D eigenvalue weighted by Crippen LogP contribution is 1.98. The monoisotopic (exact) mass is 219 g/mol. The van der Waals surface area contributed by atoms with Gasteiger partial charge in [0.15, 0.2) is 0 Å². The van der Waals surface area contributed by atoms with Crippen LogP contribution in [0, 0.1) is 0 Å². The van der Waals surface area contributed by atoms with Gasteiger partial charge in [0.2, 0.25) is 0 Å². The van der Waals surface area contributed by atoms with Crippen molar-refractivity contribution in [3.63, 3.8) is 0 Å². The number of amides is 1. The number of ether oxygens (including phenoxy) is 1. The highest BCUT2D eigenvalue weighted by atomic mass is 16.6. The first kappa shape index (κ1) is 13.7. The normalized spacial score (nSPS) is 11.9. The first-order valence-electron chi connectivity index (χ1n) is 4.67. The molecule has 6 N–H and O–H groups in total. The fraction of sp³-hybridized carbons (Fsp3) is 0.750. The van der Waals surface area contributed by atoms with E-state index in [-0.39, 0.29) is 6.73 Å². The van der Waals surface area contributed by atoms with Gasteiger partial charge in [-0.15, -0.1) is 0 Å². The summed E-state index contributed by atoms with van der Waals surface area (Å²) in [4.78, 5) is 21.0. The zero-order valence-corrected chi connectivity index (χ0v) is 8.44. The Balaban J connectivity index is 3.32. The zero-order chi connectivity index (χ0) is 11.7. The number of aliphatic carboxylic acids is 1. The van der Waals surface area contributed by atoms with E-state index in [1.807, 2.05) is 0 Å². The third-order valence-corrected chi connectivity index (χ3v) is 1.74. The number of unbranched alkanes of at least 4 members (excludes halogenated alkanes) is 1. The molecule has 0 radical (unpaired) electrons. The summed E-state index contributed by atoms with van der Waals surface area (Å²) < 4.78 is 4.42. The number of hydrogen-bond acceptors (Lipinski definition) is 5. The number of nitrogens with one attached hydrogen (secondary N) is 1. The fourth-order valence-corrected chi connectivity index (χ4v) is 0.930. The van der Waals surface area contributed by atoms with Crippen molar-refractivity contribution in [2.24, 2.45) is 11.5 Å². The minimum absolute atomic E-state index is 0.157. The maximum Gasteiger partial charge on any atom is 0.408 e. The molecule has 15 heavy (non-hydrogen) atoms. The molecule has 7 heteroatoms. The predicted octanol–water partition coefficient (Wildman–Crippen LogP) is -0.789. The van der Waals surface area contributed by atoms with Gasteiger partial charge in [-0.05, 0) is 19.3 Å². The third-order valence-electron chi connectivity index (χ3n) is 1.74. The fourth-order valence-electron chi connectivity index (χ4n) is 0.930. The largest absolute Gasteiger partial charge is 0.480 e. The molecule has 0 unspecified atom stereocenters. The summed E-state index contributed by atoms with van der Waals surface area (Å²) in [5, 5.41) is 10.9. The van der Waals surface area contributed by atoms with E-state index in [0.717, 1.165) is 0 Å². The van der Waals surface area contributed by atoms with Crippen LogP contribution in [0.15, 0.2) is 0 Å². The van der Waals surface area contributed by atoms with Gasteiger partial charge in [-0.1, -0.05) is 0 Å². The van der Waals surface area contributed by atoms with Crippen LogP contribution in [0.1, 0.15) is 19.3 Å². The van der Waals surface area contributed by atoms with Crippen molar-refractivity contribution in [1.82, 2.24) is 5.32 Å². The second-order valence-electron chi connectivity index (χ2n) is 2.97. The van der Waals surface area contributed by atoms with Crippen molar-refractivity contribution in [3.8, 4) is 0 Å². The minimum Gasteiger partial charge on any atom is -0.480 e. The van der Waals surface area contributed by atoms with Gasteiger partial charge in [0.1, 0.15) is 12.8 Å². The predicted molar refractivity (Wildman–Crippen MR) is 53.0 cm³/mol. The zero-order valence-electron chi connectivity index (χ0n) is 8.44. The number of nitrogens with two attached hydrogens (primary N) is 2. The highest BCUT2D eigenvalue weighted by Gasteiger charge is 2.10. The standard InChI is InChI=1S/C8H17N3O4/c9-5-15-8(14)11-4-2-1-3-6(10)7(12)13/h6H,1-5,9-10H2,(H,11,14)(H,12,13)/t6-/m0/s1. The Kier molecular flexibility index (Phi) is 7.29. The molecule has 0 spiro atoms. The molecule has 0 bridgehead atoms. The molecule has 0 aromatic carbocycles. The average Bonchev–Trinajstić information content (AvgIpc) is 2.17. The van der Waals surface area contributed by atoms with Gasteiger partial charge >= 0.3 is 12.1 Å². The molecule has 7 nitrogen and oxygen atoms in total. The Morgan fingerprint density at radius 2 is 2.07 bits per heavy atom. The van der Waals surface area contributed by atoms with Gasteiger partial charge in [-0.2, -0.15) is 0 Å². The molecule has 1 amide bonds. The Morgan fingerprint density at radius 1 is 1.40 bits per heavy atom. The number of alkyl carbamates (subject to hydrolysis) is 1. The van der Waals surface area contributed by atoms with Crippen LogP contribution in [0.2, 0.25) is 0 Å².